The standard InChI is InChI=1S/C31H31N5O3/c37-31(32-16-21-6-11-29-30(14-21)39-20-38-29)27-18-35-13-12-25(27)15-26(35)17-36-19-28(33-34-36)24-9-7-23(8-10-24)22-4-2-1-3-5-22/h1-11,14,19,25-27H,12-13,15-18,20H2,(H,32,37)/t25?,26-,27+/m1/s1. The third-order valence-corrected chi connectivity index (χ3v) is 8.34. The second-order valence-electron chi connectivity index (χ2n) is 10.7. The van der Waals surface area contributed by atoms with Crippen LogP contribution in [0, 0.1) is 11.8 Å². The van der Waals surface area contributed by atoms with Crippen LogP contribution < -0.4 is 14.8 Å². The van der Waals surface area contributed by atoms with Crippen molar-refractivity contribution in [2.24, 2.45) is 11.8 Å². The van der Waals surface area contributed by atoms with Crippen LogP contribution in [0.2, 0.25) is 0 Å². The minimum Gasteiger partial charge on any atom is -0.454 e. The molecule has 0 aliphatic carbocycles. The van der Waals surface area contributed by atoms with Crippen molar-refractivity contribution in [3.8, 4) is 33.9 Å². The van der Waals surface area contributed by atoms with Crippen molar-refractivity contribution in [2.45, 2.75) is 32.0 Å². The fraction of sp³-hybridized carbons (Fsp3) is 0.323. The lowest BCUT2D eigenvalue weighted by Crippen LogP contribution is -2.57. The summed E-state index contributed by atoms with van der Waals surface area (Å²) in [5.74, 6) is 2.06. The number of nitrogens with zero attached hydrogens (tertiary/aromatic N) is 4. The topological polar surface area (TPSA) is 81.5 Å². The molecule has 39 heavy (non-hydrogen) atoms. The van der Waals surface area contributed by atoms with Crippen LogP contribution in [0.3, 0.4) is 0 Å². The van der Waals surface area contributed by atoms with E-state index in [1.807, 2.05) is 35.1 Å². The minimum absolute atomic E-state index is 0.0263. The summed E-state index contributed by atoms with van der Waals surface area (Å²) in [6.07, 6.45) is 4.11. The molecule has 8 rings (SSSR count). The van der Waals surface area contributed by atoms with Crippen molar-refractivity contribution in [3.05, 3.63) is 84.6 Å². The van der Waals surface area contributed by atoms with Crippen LogP contribution in [0.15, 0.2) is 79.0 Å². The average molecular weight is 522 g/mol. The summed E-state index contributed by atoms with van der Waals surface area (Å²) in [4.78, 5) is 15.6. The first-order valence-electron chi connectivity index (χ1n) is 13.7. The van der Waals surface area contributed by atoms with Gasteiger partial charge in [-0.3, -0.25) is 14.4 Å². The molecule has 3 saturated heterocycles. The molecule has 198 valence electrons. The van der Waals surface area contributed by atoms with Gasteiger partial charge >= 0.3 is 0 Å². The maximum atomic E-state index is 13.1. The highest BCUT2D eigenvalue weighted by molar-refractivity contribution is 5.79. The van der Waals surface area contributed by atoms with Crippen molar-refractivity contribution in [2.75, 3.05) is 19.9 Å². The quantitative estimate of drug-likeness (QED) is 0.389. The van der Waals surface area contributed by atoms with E-state index >= 15 is 0 Å². The average Bonchev–Trinajstić information content (AvgIpc) is 3.66. The van der Waals surface area contributed by atoms with Crippen LogP contribution in [-0.4, -0.2) is 51.7 Å². The molecule has 5 heterocycles. The number of amides is 1. The fourth-order valence-electron chi connectivity index (χ4n) is 6.20. The highest BCUT2D eigenvalue weighted by atomic mass is 16.7. The number of ether oxygens (including phenoxy) is 2. The van der Waals surface area contributed by atoms with E-state index in [1.165, 1.54) is 11.1 Å². The van der Waals surface area contributed by atoms with Crippen molar-refractivity contribution in [1.82, 2.24) is 25.2 Å². The molecule has 3 aromatic carbocycles. The minimum atomic E-state index is 0.0263. The zero-order valence-electron chi connectivity index (χ0n) is 21.7. The van der Waals surface area contributed by atoms with Gasteiger partial charge in [-0.2, -0.15) is 0 Å². The number of carbonyl (C=O) groups is 1. The molecular formula is C31H31N5O3. The maximum Gasteiger partial charge on any atom is 0.231 e. The Morgan fingerprint density at radius 3 is 2.56 bits per heavy atom. The summed E-state index contributed by atoms with van der Waals surface area (Å²) in [5, 5.41) is 12.0. The lowest BCUT2D eigenvalue weighted by molar-refractivity contribution is -0.133. The number of piperidine rings is 3. The number of aromatic nitrogens is 3. The maximum absolute atomic E-state index is 13.1. The Kier molecular flexibility index (Phi) is 6.25. The SMILES string of the molecule is O=C(NCc1ccc2c(c1)OCO2)[C@H]1CN2CCC1C[C@@H]2Cn1cc(-c2ccc(-c3ccccc3)cc2)nn1. The molecule has 2 unspecified atom stereocenters. The molecule has 4 atom stereocenters. The number of fused-ring (bicyclic) bond motifs is 4. The van der Waals surface area contributed by atoms with Crippen LogP contribution in [0.5, 0.6) is 11.5 Å². The molecule has 0 saturated carbocycles. The number of hydrogen-bond donors (Lipinski definition) is 1. The third-order valence-electron chi connectivity index (χ3n) is 8.34. The van der Waals surface area contributed by atoms with Crippen molar-refractivity contribution < 1.29 is 14.3 Å². The summed E-state index contributed by atoms with van der Waals surface area (Å²) < 4.78 is 12.8. The van der Waals surface area contributed by atoms with E-state index in [0.717, 1.165) is 60.8 Å². The molecule has 4 aromatic rings. The zero-order valence-corrected chi connectivity index (χ0v) is 21.7. The van der Waals surface area contributed by atoms with Gasteiger partial charge in [-0.25, -0.2) is 0 Å². The van der Waals surface area contributed by atoms with E-state index in [0.29, 0.717) is 18.5 Å². The second kappa shape index (κ2) is 10.2. The lowest BCUT2D eigenvalue weighted by Gasteiger charge is -2.49. The number of rotatable bonds is 7. The van der Waals surface area contributed by atoms with E-state index in [1.54, 1.807) is 0 Å². The molecule has 4 aliphatic heterocycles. The Balaban J connectivity index is 0.951. The number of carbonyl (C=O) groups excluding carboxylic acids is 1. The van der Waals surface area contributed by atoms with Gasteiger partial charge in [-0.1, -0.05) is 65.9 Å². The molecule has 2 bridgehead atoms. The van der Waals surface area contributed by atoms with Gasteiger partial charge in [0.05, 0.1) is 18.7 Å². The first-order valence-corrected chi connectivity index (χ1v) is 13.7. The first kappa shape index (κ1) is 23.9. The van der Waals surface area contributed by atoms with Crippen LogP contribution >= 0.6 is 0 Å². The fourth-order valence-corrected chi connectivity index (χ4v) is 6.20. The Labute approximate surface area is 227 Å². The van der Waals surface area contributed by atoms with Crippen LogP contribution in [0.4, 0.5) is 0 Å². The highest BCUT2D eigenvalue weighted by Gasteiger charge is 2.43. The van der Waals surface area contributed by atoms with Gasteiger partial charge in [0, 0.05) is 24.7 Å². The number of hydrogen-bond acceptors (Lipinski definition) is 6. The monoisotopic (exact) mass is 521 g/mol. The molecule has 1 aromatic heterocycles. The Hall–Kier alpha value is -4.17. The molecule has 8 nitrogen and oxygen atoms in total. The van der Waals surface area contributed by atoms with E-state index in [9.17, 15) is 4.79 Å². The van der Waals surface area contributed by atoms with Crippen LogP contribution in [0.1, 0.15) is 18.4 Å². The largest absolute Gasteiger partial charge is 0.454 e. The predicted octanol–water partition coefficient (Wildman–Crippen LogP) is 4.37. The first-order chi connectivity index (χ1) is 19.2. The van der Waals surface area contributed by atoms with E-state index in [-0.39, 0.29) is 18.6 Å². The number of nitrogens with one attached hydrogen (secondary N) is 1. The van der Waals surface area contributed by atoms with Gasteiger partial charge < -0.3 is 14.8 Å². The predicted molar refractivity (Wildman–Crippen MR) is 147 cm³/mol. The van der Waals surface area contributed by atoms with Gasteiger partial charge in [-0.05, 0) is 54.1 Å². The zero-order chi connectivity index (χ0) is 26.2. The summed E-state index contributed by atoms with van der Waals surface area (Å²) >= 11 is 0. The highest BCUT2D eigenvalue weighted by Crippen LogP contribution is 2.37. The molecule has 1 N–H and O–H groups in total. The van der Waals surface area contributed by atoms with Gasteiger partial charge in [0.2, 0.25) is 12.7 Å². The van der Waals surface area contributed by atoms with Crippen molar-refractivity contribution >= 4 is 5.91 Å². The molecular weight excluding hydrogens is 490 g/mol. The summed E-state index contributed by atoms with van der Waals surface area (Å²) in [7, 11) is 0. The Morgan fingerprint density at radius 2 is 1.74 bits per heavy atom. The van der Waals surface area contributed by atoms with E-state index in [2.05, 4.69) is 69.1 Å². The van der Waals surface area contributed by atoms with Gasteiger partial charge in [0.15, 0.2) is 11.5 Å². The lowest BCUT2D eigenvalue weighted by atomic mass is 9.75. The molecule has 3 fully saturated rings. The molecule has 4 aliphatic rings. The van der Waals surface area contributed by atoms with Gasteiger partial charge in [-0.15, -0.1) is 5.10 Å². The summed E-state index contributed by atoms with van der Waals surface area (Å²) in [6.45, 7) is 3.37. The third kappa shape index (κ3) is 4.88. The smallest absolute Gasteiger partial charge is 0.231 e. The molecule has 0 spiro atoms. The molecule has 1 amide bonds. The Morgan fingerprint density at radius 1 is 0.949 bits per heavy atom. The molecule has 8 heteroatoms. The number of benzene rings is 3. The van der Waals surface area contributed by atoms with E-state index < -0.39 is 0 Å². The van der Waals surface area contributed by atoms with Crippen LogP contribution in [0.25, 0.3) is 22.4 Å². The normalized spacial score (nSPS) is 23.1. The molecule has 0 radical (unpaired) electrons. The summed E-state index contributed by atoms with van der Waals surface area (Å²) in [6, 6.07) is 25.0. The van der Waals surface area contributed by atoms with Crippen molar-refractivity contribution in [1.29, 1.82) is 0 Å². The van der Waals surface area contributed by atoms with Gasteiger partial charge in [0.1, 0.15) is 5.69 Å². The second-order valence-corrected chi connectivity index (χ2v) is 10.7. The summed E-state index contributed by atoms with van der Waals surface area (Å²) in [5.41, 5.74) is 5.35. The van der Waals surface area contributed by atoms with Gasteiger partial charge in [0.25, 0.3) is 0 Å². The van der Waals surface area contributed by atoms with Crippen molar-refractivity contribution in [3.63, 3.8) is 0 Å². The Bertz CT molecular complexity index is 1470. The van der Waals surface area contributed by atoms with Crippen LogP contribution in [-0.2, 0) is 17.9 Å². The van der Waals surface area contributed by atoms with E-state index in [4.69, 9.17) is 9.47 Å².